The summed E-state index contributed by atoms with van der Waals surface area (Å²) in [6, 6.07) is -9.46. The van der Waals surface area contributed by atoms with Crippen LogP contribution in [0, 0.1) is 41.4 Å². The van der Waals surface area contributed by atoms with E-state index in [9.17, 15) is 48.9 Å². The van der Waals surface area contributed by atoms with Gasteiger partial charge < -0.3 is 55.6 Å². The number of aliphatic hydroxyl groups is 3. The second-order valence-electron chi connectivity index (χ2n) is 27.2. The van der Waals surface area contributed by atoms with Crippen LogP contribution in [0.15, 0.2) is 0 Å². The molecule has 0 aromatic rings. The molecule has 8 amide bonds. The number of aliphatic hydroxyl groups excluding tert-OH is 3. The van der Waals surface area contributed by atoms with Crippen molar-refractivity contribution in [2.24, 2.45) is 41.4 Å². The van der Waals surface area contributed by atoms with Gasteiger partial charge in [-0.3, -0.25) is 53.6 Å². The molecule has 0 aromatic carbocycles. The second kappa shape index (κ2) is 35.9. The number of nitrogens with one attached hydrogen (secondary N) is 4. The lowest BCUT2D eigenvalue weighted by Gasteiger charge is -2.41. The van der Waals surface area contributed by atoms with Crippen LogP contribution < -0.4 is 21.3 Å². The number of esters is 1. The first-order valence-corrected chi connectivity index (χ1v) is 31.5. The average molecular weight is 1220 g/mol. The third-order valence-corrected chi connectivity index (χ3v) is 16.8. The van der Waals surface area contributed by atoms with E-state index in [0.29, 0.717) is 25.8 Å². The van der Waals surface area contributed by atoms with Gasteiger partial charge in [-0.1, -0.05) is 96.4 Å². The zero-order valence-electron chi connectivity index (χ0n) is 56.2. The summed E-state index contributed by atoms with van der Waals surface area (Å²) in [7, 11) is 8.63. The van der Waals surface area contributed by atoms with Crippen molar-refractivity contribution in [3.05, 3.63) is 0 Å². The van der Waals surface area contributed by atoms with Crippen molar-refractivity contribution in [1.29, 1.82) is 0 Å². The highest BCUT2D eigenvalue weighted by molar-refractivity contribution is 5.98. The van der Waals surface area contributed by atoms with E-state index in [1.165, 1.54) is 52.0 Å². The normalized spacial score (nSPS) is 28.0. The van der Waals surface area contributed by atoms with Crippen molar-refractivity contribution in [2.45, 2.75) is 235 Å². The molecule has 4 unspecified atom stereocenters. The van der Waals surface area contributed by atoms with Gasteiger partial charge in [-0.15, -0.1) is 0 Å². The van der Waals surface area contributed by atoms with Crippen LogP contribution in [0.3, 0.4) is 0 Å². The third-order valence-electron chi connectivity index (χ3n) is 16.8. The van der Waals surface area contributed by atoms with Gasteiger partial charge in [0.1, 0.15) is 42.3 Å². The minimum atomic E-state index is -1.73. The molecule has 13 atom stereocenters. The summed E-state index contributed by atoms with van der Waals surface area (Å²) < 4.78 is 5.49. The van der Waals surface area contributed by atoms with E-state index >= 15 is 9.59 Å². The van der Waals surface area contributed by atoms with E-state index in [4.69, 9.17) is 4.74 Å². The number of nitrogens with zero attached hydrogens (tertiary/aromatic N) is 7. The van der Waals surface area contributed by atoms with Crippen molar-refractivity contribution < 1.29 is 63.2 Å². The molecule has 2 heterocycles. The van der Waals surface area contributed by atoms with Crippen molar-refractivity contribution in [2.75, 3.05) is 68.5 Å². The quantitative estimate of drug-likeness (QED) is 0.0767. The summed E-state index contributed by atoms with van der Waals surface area (Å²) in [6.45, 7) is 27.7. The number of rotatable bonds is 18. The van der Waals surface area contributed by atoms with E-state index in [1.807, 2.05) is 74.1 Å². The summed E-state index contributed by atoms with van der Waals surface area (Å²) in [5.41, 5.74) is 0. The number of hydrogen-bond acceptors (Lipinski definition) is 16. The highest BCUT2D eigenvalue weighted by Crippen LogP contribution is 2.26. The maximum absolute atomic E-state index is 15.2. The van der Waals surface area contributed by atoms with Crippen LogP contribution in [0.25, 0.3) is 0 Å². The van der Waals surface area contributed by atoms with Gasteiger partial charge >= 0.3 is 12.1 Å². The number of likely N-dealkylation sites (N-methyl/N-ethyl adjacent to an activating group) is 5. The van der Waals surface area contributed by atoms with Gasteiger partial charge in [-0.2, -0.15) is 0 Å². The topological polar surface area (TPSA) is 294 Å². The zero-order valence-corrected chi connectivity index (χ0v) is 56.2. The molecule has 0 aliphatic carbocycles. The van der Waals surface area contributed by atoms with Crippen molar-refractivity contribution >= 4 is 53.4 Å². The van der Waals surface area contributed by atoms with Crippen LogP contribution in [-0.2, 0) is 43.1 Å². The molecule has 0 bridgehead atoms. The minimum absolute atomic E-state index is 0.0474. The number of carbonyl (C=O) groups is 9. The van der Waals surface area contributed by atoms with Crippen LogP contribution in [0.5, 0.6) is 0 Å². The molecule has 2 fully saturated rings. The summed E-state index contributed by atoms with van der Waals surface area (Å²) >= 11 is 0. The minimum Gasteiger partial charge on any atom is -0.395 e. The average Bonchev–Trinajstić information content (AvgIpc) is 1.47. The molecule has 0 aromatic heterocycles. The number of carbonyl (C=O) groups excluding carboxylic acids is 9. The van der Waals surface area contributed by atoms with E-state index in [1.54, 1.807) is 34.7 Å². The lowest BCUT2D eigenvalue weighted by atomic mass is 9.90. The Morgan fingerprint density at radius 2 is 1.08 bits per heavy atom. The Morgan fingerprint density at radius 1 is 0.570 bits per heavy atom. The van der Waals surface area contributed by atoms with Crippen molar-refractivity contribution in [3.8, 4) is 0 Å². The van der Waals surface area contributed by atoms with E-state index in [2.05, 4.69) is 26.2 Å². The summed E-state index contributed by atoms with van der Waals surface area (Å²) in [5, 5.41) is 45.8. The molecule has 0 radical (unpaired) electrons. The molecule has 7 N–H and O–H groups in total. The van der Waals surface area contributed by atoms with Crippen LogP contribution in [0.4, 0.5) is 4.79 Å². The molecule has 0 saturated carbocycles. The number of hydrogen-bond donors (Lipinski definition) is 7. The lowest BCUT2D eigenvalue weighted by molar-refractivity contribution is -0.155. The Hall–Kier alpha value is -5.01. The largest absolute Gasteiger partial charge is 0.417 e. The fourth-order valence-corrected chi connectivity index (χ4v) is 11.5. The van der Waals surface area contributed by atoms with E-state index in [0.717, 1.165) is 40.5 Å². The number of likely N-dealkylation sites (tertiary alicyclic amines) is 1. The Kier molecular flexibility index (Phi) is 32.1. The Labute approximate surface area is 514 Å². The SMILES string of the molecule is CC(C)C[C@@H]1C(=O)N[C@H](CC(C)C)C(=O)N(C)C(C(C)C)C(=O)N(C)C([C@H](O)[C@H](C)CCN2CCCCC2CO)C(=O)NC([C@@H](C)O)C(=O)N(C)CC(=O)N(C)[C@@H](CC(C)C)C(=O)N[C@H](CC(C)C)N(C)[C@H](CC(C)C)N[C@H](C)C(=O)OC(=O)N1C. The summed E-state index contributed by atoms with van der Waals surface area (Å²) in [6.07, 6.45) is -1.19. The second-order valence-corrected chi connectivity index (χ2v) is 27.2. The van der Waals surface area contributed by atoms with Crippen molar-refractivity contribution in [1.82, 2.24) is 55.6 Å². The number of ether oxygens (including phenoxy) is 1. The first kappa shape index (κ1) is 77.1. The molecule has 2 aliphatic rings. The molecule has 2 rings (SSSR count). The van der Waals surface area contributed by atoms with Gasteiger partial charge in [0.05, 0.1) is 37.7 Å². The van der Waals surface area contributed by atoms with Crippen molar-refractivity contribution in [3.63, 3.8) is 0 Å². The van der Waals surface area contributed by atoms with Gasteiger partial charge in [-0.25, -0.2) is 9.59 Å². The molecule has 496 valence electrons. The highest BCUT2D eigenvalue weighted by Gasteiger charge is 2.45. The molecule has 24 heteroatoms. The maximum atomic E-state index is 15.2. The number of piperidine rings is 1. The molecule has 2 aliphatic heterocycles. The first-order valence-electron chi connectivity index (χ1n) is 31.5. The zero-order chi connectivity index (χ0) is 65.9. The predicted molar refractivity (Wildman–Crippen MR) is 330 cm³/mol. The lowest BCUT2D eigenvalue weighted by Crippen LogP contribution is -2.64. The van der Waals surface area contributed by atoms with Gasteiger partial charge in [0.2, 0.25) is 41.4 Å². The standard InChI is InChI=1S/C62H115N11O13/c1-35(2)28-45-58(81)71(20)52(40(11)12)60(83)72(21)53(54(77)41(13)25-27-73-26-23-22-24-44(73)34-74)57(80)66-51(43(15)75)59(82)67(16)33-50(76)68(17)46(29-36(3)4)56(79)65-49(32-39(9)10)70(19)48(31-38(7)8)63-42(14)61(84)86-62(85)69(18)47(30-37(5)6)55(78)64-45/h35-49,51-54,63,74-75,77H,22-34H2,1-21H3,(H,64,78)(H,65,79)(H,66,80)/t41-,42-,43-,44?,45-,46+,47-,48-,49+,51?,52?,53?,54-/m1/s1. The Morgan fingerprint density at radius 3 is 1.59 bits per heavy atom. The molecule has 86 heavy (non-hydrogen) atoms. The van der Waals surface area contributed by atoms with Crippen LogP contribution in [0.1, 0.15) is 162 Å². The Bertz CT molecular complexity index is 2220. The smallest absolute Gasteiger partial charge is 0.395 e. The van der Waals surface area contributed by atoms with E-state index in [-0.39, 0.29) is 61.5 Å². The van der Waals surface area contributed by atoms with E-state index < -0.39 is 139 Å². The monoisotopic (exact) mass is 1220 g/mol. The number of amides is 8. The summed E-state index contributed by atoms with van der Waals surface area (Å²) in [5.74, 6) is -7.75. The van der Waals surface area contributed by atoms with Gasteiger partial charge in [-0.05, 0) is 127 Å². The van der Waals surface area contributed by atoms with Crippen LogP contribution >= 0.6 is 0 Å². The molecule has 24 nitrogen and oxygen atoms in total. The van der Waals surface area contributed by atoms with Crippen LogP contribution in [-0.4, -0.2) is 244 Å². The maximum Gasteiger partial charge on any atom is 0.417 e. The predicted octanol–water partition coefficient (Wildman–Crippen LogP) is 3.05. The van der Waals surface area contributed by atoms with Gasteiger partial charge in [0.15, 0.2) is 0 Å². The van der Waals surface area contributed by atoms with Gasteiger partial charge in [0.25, 0.3) is 0 Å². The highest BCUT2D eigenvalue weighted by atomic mass is 16.6. The summed E-state index contributed by atoms with van der Waals surface area (Å²) in [4.78, 5) is 141. The fourth-order valence-electron chi connectivity index (χ4n) is 11.5. The molecule has 0 spiro atoms. The third kappa shape index (κ3) is 22.9. The molecular weight excluding hydrogens is 1110 g/mol. The molecular formula is C62H115N11O13. The molecule has 2 saturated heterocycles. The van der Waals surface area contributed by atoms with Gasteiger partial charge in [0, 0.05) is 41.3 Å². The number of cyclic esters (lactones) is 2. The first-order chi connectivity index (χ1) is 39.9. The fraction of sp³-hybridized carbons (Fsp3) is 0.855. The van der Waals surface area contributed by atoms with Crippen LogP contribution in [0.2, 0.25) is 0 Å². The Balaban J connectivity index is 2.97.